The minimum Gasteiger partial charge on any atom is -0.287 e. The molecule has 0 saturated heterocycles. The molecule has 0 atom stereocenters. The van der Waals surface area contributed by atoms with E-state index < -0.39 is 156 Å². The number of fused-ring (bicyclic) bond motifs is 1. The van der Waals surface area contributed by atoms with E-state index in [1.165, 1.54) is 12.1 Å². The summed E-state index contributed by atoms with van der Waals surface area (Å²) in [5, 5.41) is 2.06. The van der Waals surface area contributed by atoms with Crippen LogP contribution in [0.4, 0.5) is 101 Å². The van der Waals surface area contributed by atoms with Crippen LogP contribution in [-0.2, 0) is 12.7 Å². The van der Waals surface area contributed by atoms with E-state index in [9.17, 15) is 70.7 Å². The molecule has 1 heterocycles. The summed E-state index contributed by atoms with van der Waals surface area (Å²) in [5.74, 6) is -71.6. The minimum absolute atomic E-state index is 0.0796. The lowest BCUT2D eigenvalue weighted by molar-refractivity contribution is -0.681. The Morgan fingerprint density at radius 2 is 0.662 bits per heavy atom. The molecule has 2 nitrogen and oxygen atoms in total. The molecule has 0 N–H and O–H groups in total. The third-order valence-corrected chi connectivity index (χ3v) is 10.3. The zero-order chi connectivity index (χ0) is 50.8. The Morgan fingerprint density at radius 1 is 0.382 bits per heavy atom. The Kier molecular flexibility index (Phi) is 13.4. The van der Waals surface area contributed by atoms with E-state index in [0.29, 0.717) is 0 Å². The highest BCUT2D eigenvalue weighted by Crippen LogP contribution is 2.32. The zero-order valence-electron chi connectivity index (χ0n) is 32.2. The second-order valence-electron chi connectivity index (χ2n) is 14.0. The first kappa shape index (κ1) is 50.3. The van der Waals surface area contributed by atoms with Gasteiger partial charge in [-0.25, -0.2) is 87.8 Å². The molecule has 1 aromatic heterocycles. The fourth-order valence-corrected chi connectivity index (χ4v) is 7.25. The van der Waals surface area contributed by atoms with Gasteiger partial charge in [0.1, 0.15) is 52.7 Å². The van der Waals surface area contributed by atoms with Gasteiger partial charge in [-0.15, -0.1) is 21.9 Å². The topological polar surface area (TPSA) is 20.9 Å². The average molecular weight is 995 g/mol. The molecule has 26 heteroatoms. The molecular weight excluding hydrogens is 982 g/mol. The summed E-state index contributed by atoms with van der Waals surface area (Å²) in [6, 6.07) is 13.9. The molecule has 7 aromatic rings. The molecule has 0 saturated carbocycles. The van der Waals surface area contributed by atoms with Gasteiger partial charge in [-0.2, -0.15) is 17.7 Å². The maximum atomic E-state index is 15.4. The van der Waals surface area contributed by atoms with Gasteiger partial charge in [0.05, 0.1) is 5.56 Å². The molecule has 0 aliphatic heterocycles. The number of nitrogens with zero attached hydrogens (tertiary/aromatic N) is 1. The van der Waals surface area contributed by atoms with Crippen molar-refractivity contribution in [3.05, 3.63) is 194 Å². The number of pyridine rings is 1. The lowest BCUT2D eigenvalue weighted by Gasteiger charge is -2.44. The second kappa shape index (κ2) is 18.2. The van der Waals surface area contributed by atoms with Crippen LogP contribution >= 0.6 is 0 Å². The maximum Gasteiger partial charge on any atom is 0.416 e. The SMILES string of the molecule is Fc1c(F)c(F)c([B-](c2c(F)c(F)c(F)c(F)c2F)(c2c(F)c(F)c(F)c(F)c2F)c2c(F)c(F)c(F)c(F)c2F)c(F)c1F.O=C(C[n+]1ccc2ccccc2c1)c1ccc(C(F)(F)F)cc1. The van der Waals surface area contributed by atoms with Crippen molar-refractivity contribution < 1.29 is 110 Å². The van der Waals surface area contributed by atoms with Gasteiger partial charge in [-0.1, -0.05) is 30.3 Å². The van der Waals surface area contributed by atoms with E-state index >= 15 is 35.1 Å². The van der Waals surface area contributed by atoms with E-state index in [1.807, 2.05) is 36.5 Å². The predicted molar refractivity (Wildman–Crippen MR) is 189 cm³/mol. The van der Waals surface area contributed by atoms with E-state index in [4.69, 9.17) is 0 Å². The molecule has 0 aliphatic rings. The van der Waals surface area contributed by atoms with Crippen molar-refractivity contribution >= 4 is 44.6 Å². The Labute approximate surface area is 362 Å². The molecule has 0 radical (unpaired) electrons. The van der Waals surface area contributed by atoms with Gasteiger partial charge in [0.15, 0.2) is 82.2 Å². The molecule has 356 valence electrons. The van der Waals surface area contributed by atoms with E-state index in [0.717, 1.165) is 22.9 Å². The highest BCUT2D eigenvalue weighted by Gasteiger charge is 2.52. The molecule has 6 aromatic carbocycles. The van der Waals surface area contributed by atoms with E-state index in [1.54, 1.807) is 10.8 Å². The molecule has 68 heavy (non-hydrogen) atoms. The number of alkyl halides is 3. The number of ketones is 1. The van der Waals surface area contributed by atoms with Gasteiger partial charge in [-0.05, 0) is 23.6 Å². The van der Waals surface area contributed by atoms with Crippen molar-refractivity contribution in [2.75, 3.05) is 0 Å². The van der Waals surface area contributed by atoms with Crippen LogP contribution in [0.15, 0.2) is 67.0 Å². The summed E-state index contributed by atoms with van der Waals surface area (Å²) in [5.41, 5.74) is -14.8. The summed E-state index contributed by atoms with van der Waals surface area (Å²) < 4.78 is 333. The number of rotatable bonds is 7. The monoisotopic (exact) mass is 995 g/mol. The van der Waals surface area contributed by atoms with Crippen LogP contribution in [0.3, 0.4) is 0 Å². The van der Waals surface area contributed by atoms with Gasteiger partial charge >= 0.3 is 6.18 Å². The van der Waals surface area contributed by atoms with Gasteiger partial charge in [-0.3, -0.25) is 4.79 Å². The molecule has 0 spiro atoms. The first-order chi connectivity index (χ1) is 31.6. The number of hydrogen-bond donors (Lipinski definition) is 0. The van der Waals surface area contributed by atoms with Gasteiger partial charge in [0, 0.05) is 17.0 Å². The fourth-order valence-electron chi connectivity index (χ4n) is 7.25. The average Bonchev–Trinajstić information content (AvgIpc) is 3.31. The van der Waals surface area contributed by atoms with Gasteiger partial charge in [0.25, 0.3) is 0 Å². The third kappa shape index (κ3) is 8.01. The van der Waals surface area contributed by atoms with E-state index in [-0.39, 0.29) is 17.9 Å². The van der Waals surface area contributed by atoms with Crippen molar-refractivity contribution in [1.82, 2.24) is 0 Å². The molecule has 0 amide bonds. The van der Waals surface area contributed by atoms with Crippen molar-refractivity contribution in [1.29, 1.82) is 0 Å². The Bertz CT molecular complexity index is 2830. The van der Waals surface area contributed by atoms with Crippen LogP contribution in [0.1, 0.15) is 15.9 Å². The maximum absolute atomic E-state index is 15.4. The molecule has 0 aliphatic carbocycles. The summed E-state index contributed by atoms with van der Waals surface area (Å²) >= 11 is 0. The summed E-state index contributed by atoms with van der Waals surface area (Å²) in [6.45, 7) is 0.0796. The Morgan fingerprint density at radius 3 is 0.956 bits per heavy atom. The van der Waals surface area contributed by atoms with Crippen molar-refractivity contribution in [2.45, 2.75) is 12.7 Å². The standard InChI is InChI=1S/C24BF20.C18H13F3NO/c26-5-1(6(27)14(35)21(42)13(5)34)25(2-7(28)15(36)22(43)16(37)8(2)29,3-9(30)17(38)23(44)18(39)10(3)31)4-11(32)19(40)24(45)20(41)12(4)33;19-18(20,21)16-7-5-14(6-8-16)17(23)12-22-10-9-13-3-1-2-4-15(13)11-22/h;1-11H,12H2/q-1;+1. The normalized spacial score (nSPS) is 11.9. The number of carbonyl (C=O) groups is 1. The molecular formula is C42H13BF23NO. The number of halogens is 23. The van der Waals surface area contributed by atoms with Crippen LogP contribution < -0.4 is 26.4 Å². The molecule has 0 unspecified atom stereocenters. The lowest BCUT2D eigenvalue weighted by Crippen LogP contribution is -2.81. The lowest BCUT2D eigenvalue weighted by atomic mass is 9.12. The quantitative estimate of drug-likeness (QED) is 0.0390. The number of hydrogen-bond acceptors (Lipinski definition) is 1. The van der Waals surface area contributed by atoms with Crippen molar-refractivity contribution in [3.8, 4) is 0 Å². The van der Waals surface area contributed by atoms with Crippen LogP contribution in [0, 0.1) is 116 Å². The number of aromatic nitrogens is 1. The molecule has 0 bridgehead atoms. The minimum atomic E-state index is -7.22. The summed E-state index contributed by atoms with van der Waals surface area (Å²) in [6.07, 6.45) is -7.98. The first-order valence-corrected chi connectivity index (χ1v) is 18.0. The molecule has 0 fully saturated rings. The summed E-state index contributed by atoms with van der Waals surface area (Å²) in [4.78, 5) is 12.2. The third-order valence-electron chi connectivity index (χ3n) is 10.3. The highest BCUT2D eigenvalue weighted by molar-refractivity contribution is 7.20. The molecule has 7 rings (SSSR count). The fraction of sp³-hybridized carbons (Fsp3) is 0.0476. The van der Waals surface area contributed by atoms with Gasteiger partial charge < -0.3 is 0 Å². The first-order valence-electron chi connectivity index (χ1n) is 18.0. The number of Topliss-reactive ketones (excluding diaryl/α,β-unsaturated/α-hetero) is 1. The number of carbonyl (C=O) groups excluding carboxylic acids is 1. The van der Waals surface area contributed by atoms with Crippen LogP contribution in [-0.4, -0.2) is 11.9 Å². The Balaban J connectivity index is 0.000000276. The largest absolute Gasteiger partial charge is 0.416 e. The highest BCUT2D eigenvalue weighted by atomic mass is 19.4. The van der Waals surface area contributed by atoms with Crippen LogP contribution in [0.5, 0.6) is 0 Å². The smallest absolute Gasteiger partial charge is 0.287 e. The van der Waals surface area contributed by atoms with Gasteiger partial charge in [0.2, 0.25) is 12.3 Å². The predicted octanol–water partition coefficient (Wildman–Crippen LogP) is 9.87. The van der Waals surface area contributed by atoms with E-state index in [2.05, 4.69) is 0 Å². The second-order valence-corrected chi connectivity index (χ2v) is 14.0. The Hall–Kier alpha value is -7.15. The zero-order valence-corrected chi connectivity index (χ0v) is 32.2. The van der Waals surface area contributed by atoms with Crippen molar-refractivity contribution in [3.63, 3.8) is 0 Å². The summed E-state index contributed by atoms with van der Waals surface area (Å²) in [7, 11) is 0. The number of benzene rings is 6. The van der Waals surface area contributed by atoms with Crippen LogP contribution in [0.25, 0.3) is 10.8 Å². The van der Waals surface area contributed by atoms with Crippen LogP contribution in [0.2, 0.25) is 0 Å². The van der Waals surface area contributed by atoms with Crippen molar-refractivity contribution in [2.24, 2.45) is 0 Å².